The summed E-state index contributed by atoms with van der Waals surface area (Å²) in [5.74, 6) is -3.66. The van der Waals surface area contributed by atoms with E-state index in [1.807, 2.05) is 12.2 Å². The fourth-order valence-electron chi connectivity index (χ4n) is 6.00. The third-order valence-corrected chi connectivity index (χ3v) is 8.68. The molecular weight excluding hydrogens is 548 g/mol. The summed E-state index contributed by atoms with van der Waals surface area (Å²) in [6.45, 7) is 4.69. The van der Waals surface area contributed by atoms with E-state index in [1.165, 1.54) is 38.5 Å². The van der Waals surface area contributed by atoms with Gasteiger partial charge in [-0.1, -0.05) is 126 Å². The van der Waals surface area contributed by atoms with Crippen LogP contribution in [0.25, 0.3) is 22.3 Å². The van der Waals surface area contributed by atoms with Crippen molar-refractivity contribution in [2.24, 2.45) is 0 Å². The van der Waals surface area contributed by atoms with Crippen molar-refractivity contribution in [3.8, 4) is 22.3 Å². The summed E-state index contributed by atoms with van der Waals surface area (Å²) >= 11 is 0. The minimum absolute atomic E-state index is 0.134. The van der Waals surface area contributed by atoms with Gasteiger partial charge in [-0.15, -0.1) is 0 Å². The van der Waals surface area contributed by atoms with Crippen LogP contribution in [0.4, 0.5) is 17.6 Å². The maximum atomic E-state index is 15.3. The van der Waals surface area contributed by atoms with Gasteiger partial charge in [0.1, 0.15) is 0 Å². The molecule has 0 spiro atoms. The summed E-state index contributed by atoms with van der Waals surface area (Å²) in [6, 6.07) is 12.9. The van der Waals surface area contributed by atoms with Gasteiger partial charge in [0.25, 0.3) is 0 Å². The van der Waals surface area contributed by atoms with Gasteiger partial charge in [-0.05, 0) is 54.4 Å². The van der Waals surface area contributed by atoms with Gasteiger partial charge < -0.3 is 4.74 Å². The van der Waals surface area contributed by atoms with Crippen LogP contribution in [0.2, 0.25) is 0 Å². The van der Waals surface area contributed by atoms with Crippen molar-refractivity contribution in [1.82, 2.24) is 0 Å². The minimum Gasteiger partial charge on any atom is -0.378 e. The van der Waals surface area contributed by atoms with Crippen LogP contribution in [0, 0.1) is 23.3 Å². The second-order valence-electron chi connectivity index (χ2n) is 11.9. The average Bonchev–Trinajstić information content (AvgIpc) is 3.03. The maximum absolute atomic E-state index is 15.3. The zero-order chi connectivity index (χ0) is 30.6. The molecule has 1 nitrogen and oxygen atoms in total. The van der Waals surface area contributed by atoms with Crippen molar-refractivity contribution >= 4 is 0 Å². The van der Waals surface area contributed by atoms with Crippen LogP contribution in [-0.4, -0.2) is 12.7 Å². The molecule has 0 bridgehead atoms. The van der Waals surface area contributed by atoms with Gasteiger partial charge in [-0.25, -0.2) is 17.6 Å². The zero-order valence-electron chi connectivity index (χ0n) is 25.7. The van der Waals surface area contributed by atoms with Crippen molar-refractivity contribution in [1.29, 1.82) is 0 Å². The summed E-state index contributed by atoms with van der Waals surface area (Å²) in [6.07, 6.45) is 17.8. The summed E-state index contributed by atoms with van der Waals surface area (Å²) in [7, 11) is 0. The molecule has 0 radical (unpaired) electrons. The third kappa shape index (κ3) is 8.81. The fourth-order valence-corrected chi connectivity index (χ4v) is 6.00. The number of rotatable bonds is 15. The molecule has 0 aromatic heterocycles. The molecule has 0 N–H and O–H groups in total. The SMILES string of the molecule is CCCC=CCc1ccc(-c2ccc(-c3ccc(C4CCC(CCCCCCCCC)OC4)c(F)c3F)cc2)c(F)c1F. The van der Waals surface area contributed by atoms with Gasteiger partial charge in [0.05, 0.1) is 12.7 Å². The number of halogens is 4. The lowest BCUT2D eigenvalue weighted by Crippen LogP contribution is -2.25. The summed E-state index contributed by atoms with van der Waals surface area (Å²) < 4.78 is 66.3. The Kier molecular flexibility index (Phi) is 12.9. The van der Waals surface area contributed by atoms with Crippen LogP contribution in [0.15, 0.2) is 60.7 Å². The predicted octanol–water partition coefficient (Wildman–Crippen LogP) is 11.9. The summed E-state index contributed by atoms with van der Waals surface area (Å²) in [5, 5.41) is 0. The summed E-state index contributed by atoms with van der Waals surface area (Å²) in [5.41, 5.74) is 1.87. The Hall–Kier alpha value is -2.92. The van der Waals surface area contributed by atoms with E-state index in [0.29, 0.717) is 35.3 Å². The van der Waals surface area contributed by atoms with Crippen molar-refractivity contribution in [3.05, 3.63) is 95.1 Å². The highest BCUT2D eigenvalue weighted by atomic mass is 19.2. The predicted molar refractivity (Wildman–Crippen MR) is 169 cm³/mol. The first-order valence-corrected chi connectivity index (χ1v) is 16.3. The Labute approximate surface area is 255 Å². The van der Waals surface area contributed by atoms with E-state index in [4.69, 9.17) is 4.74 Å². The molecule has 0 aliphatic carbocycles. The lowest BCUT2D eigenvalue weighted by atomic mass is 9.88. The van der Waals surface area contributed by atoms with E-state index < -0.39 is 23.3 Å². The van der Waals surface area contributed by atoms with Gasteiger partial charge in [-0.3, -0.25) is 0 Å². The van der Waals surface area contributed by atoms with E-state index in [9.17, 15) is 8.78 Å². The molecule has 1 fully saturated rings. The molecule has 43 heavy (non-hydrogen) atoms. The average molecular weight is 595 g/mol. The van der Waals surface area contributed by atoms with Gasteiger partial charge in [0.15, 0.2) is 23.3 Å². The largest absolute Gasteiger partial charge is 0.378 e. The first-order valence-electron chi connectivity index (χ1n) is 16.3. The van der Waals surface area contributed by atoms with Crippen LogP contribution in [0.1, 0.15) is 108 Å². The Bertz CT molecular complexity index is 1320. The Morgan fingerprint density at radius 2 is 1.28 bits per heavy atom. The van der Waals surface area contributed by atoms with Gasteiger partial charge in [0, 0.05) is 17.0 Å². The molecule has 0 amide bonds. The van der Waals surface area contributed by atoms with E-state index >= 15 is 8.78 Å². The number of unbranched alkanes of at least 4 members (excludes halogenated alkanes) is 7. The van der Waals surface area contributed by atoms with E-state index in [2.05, 4.69) is 13.8 Å². The number of ether oxygens (including phenoxy) is 1. The van der Waals surface area contributed by atoms with Crippen molar-refractivity contribution in [2.75, 3.05) is 6.61 Å². The molecule has 0 saturated carbocycles. The van der Waals surface area contributed by atoms with E-state index in [0.717, 1.165) is 38.5 Å². The van der Waals surface area contributed by atoms with Crippen LogP contribution < -0.4 is 0 Å². The van der Waals surface area contributed by atoms with Crippen molar-refractivity contribution in [3.63, 3.8) is 0 Å². The second-order valence-corrected chi connectivity index (χ2v) is 11.9. The molecule has 3 aromatic carbocycles. The Morgan fingerprint density at radius 3 is 1.91 bits per heavy atom. The normalized spacial score (nSPS) is 17.2. The number of allylic oxidation sites excluding steroid dienone is 2. The van der Waals surface area contributed by atoms with Crippen LogP contribution >= 0.6 is 0 Å². The highest BCUT2D eigenvalue weighted by Gasteiger charge is 2.27. The smallest absolute Gasteiger partial charge is 0.166 e. The second kappa shape index (κ2) is 16.8. The first kappa shape index (κ1) is 33.0. The molecule has 232 valence electrons. The zero-order valence-corrected chi connectivity index (χ0v) is 25.7. The van der Waals surface area contributed by atoms with Gasteiger partial charge in [-0.2, -0.15) is 0 Å². The Morgan fingerprint density at radius 1 is 0.651 bits per heavy atom. The highest BCUT2D eigenvalue weighted by Crippen LogP contribution is 2.36. The van der Waals surface area contributed by atoms with Gasteiger partial charge in [0.2, 0.25) is 0 Å². The Balaban J connectivity index is 1.36. The molecule has 1 heterocycles. The topological polar surface area (TPSA) is 9.23 Å². The molecule has 1 saturated heterocycles. The van der Waals surface area contributed by atoms with Gasteiger partial charge >= 0.3 is 0 Å². The van der Waals surface area contributed by atoms with Crippen LogP contribution in [0.3, 0.4) is 0 Å². The molecule has 1 aliphatic rings. The molecule has 5 heteroatoms. The summed E-state index contributed by atoms with van der Waals surface area (Å²) in [4.78, 5) is 0. The molecule has 3 aromatic rings. The number of hydrogen-bond donors (Lipinski definition) is 0. The highest BCUT2D eigenvalue weighted by molar-refractivity contribution is 5.71. The maximum Gasteiger partial charge on any atom is 0.166 e. The lowest BCUT2D eigenvalue weighted by Gasteiger charge is -2.30. The van der Waals surface area contributed by atoms with Crippen molar-refractivity contribution < 1.29 is 22.3 Å². The van der Waals surface area contributed by atoms with Crippen LogP contribution in [-0.2, 0) is 11.2 Å². The number of hydrogen-bond acceptors (Lipinski definition) is 1. The fraction of sp³-hybridized carbons (Fsp3) is 0.474. The number of benzene rings is 3. The minimum atomic E-state index is -0.907. The standard InChI is InChI=1S/C38H46F4O/c1-3-5-7-9-10-11-13-15-31-22-20-30(26-43-31)34-25-24-33(37(41)38(34)42)28-18-16-27(17-19-28)32-23-21-29(35(39)36(32)40)14-12-8-6-4-2/h8,12,16-19,21,23-25,30-31H,3-7,9-11,13-15,20,22,26H2,1-2H3. The molecule has 4 rings (SSSR count). The van der Waals surface area contributed by atoms with Crippen LogP contribution in [0.5, 0.6) is 0 Å². The quantitative estimate of drug-likeness (QED) is 0.0966. The molecule has 2 unspecified atom stereocenters. The molecule has 1 aliphatic heterocycles. The molecular formula is C38H46F4O. The van der Waals surface area contributed by atoms with E-state index in [1.54, 1.807) is 48.5 Å². The monoisotopic (exact) mass is 594 g/mol. The first-order chi connectivity index (χ1) is 20.9. The lowest BCUT2D eigenvalue weighted by molar-refractivity contribution is -0.00283. The molecule has 2 atom stereocenters. The third-order valence-electron chi connectivity index (χ3n) is 8.68. The van der Waals surface area contributed by atoms with E-state index in [-0.39, 0.29) is 23.1 Å². The van der Waals surface area contributed by atoms with Crippen molar-refractivity contribution in [2.45, 2.75) is 109 Å².